The predicted octanol–water partition coefficient (Wildman–Crippen LogP) is 2.50. The van der Waals surface area contributed by atoms with E-state index in [0.29, 0.717) is 35.0 Å². The van der Waals surface area contributed by atoms with E-state index in [4.69, 9.17) is 15.2 Å². The highest BCUT2D eigenvalue weighted by molar-refractivity contribution is 7.08. The van der Waals surface area contributed by atoms with Crippen LogP contribution in [0.2, 0.25) is 0 Å². The SMILES string of the molecule is COc1nsc(OC)c1-c1ccc(F)c(CC(CN)CO)c1.Cl. The van der Waals surface area contributed by atoms with E-state index in [9.17, 15) is 9.50 Å². The van der Waals surface area contributed by atoms with Gasteiger partial charge < -0.3 is 20.3 Å². The fourth-order valence-electron chi connectivity index (χ4n) is 2.20. The molecule has 8 heteroatoms. The van der Waals surface area contributed by atoms with Crippen molar-refractivity contribution in [2.24, 2.45) is 11.7 Å². The summed E-state index contributed by atoms with van der Waals surface area (Å²) in [7, 11) is 3.08. The summed E-state index contributed by atoms with van der Waals surface area (Å²) in [6.07, 6.45) is 0.370. The minimum absolute atomic E-state index is 0. The van der Waals surface area contributed by atoms with E-state index < -0.39 is 0 Å². The number of nitrogens with zero attached hydrogens (tertiary/aromatic N) is 1. The number of halogens is 2. The summed E-state index contributed by atoms with van der Waals surface area (Å²) in [5.74, 6) is -0.0529. The van der Waals surface area contributed by atoms with Crippen LogP contribution in [0.5, 0.6) is 10.9 Å². The van der Waals surface area contributed by atoms with Crippen molar-refractivity contribution in [3.63, 3.8) is 0 Å². The Labute approximate surface area is 144 Å². The molecule has 0 aliphatic carbocycles. The normalized spacial score (nSPS) is 11.7. The topological polar surface area (TPSA) is 77.6 Å². The van der Waals surface area contributed by atoms with Crippen molar-refractivity contribution in [2.45, 2.75) is 6.42 Å². The summed E-state index contributed by atoms with van der Waals surface area (Å²) in [6, 6.07) is 4.78. The summed E-state index contributed by atoms with van der Waals surface area (Å²) in [5.41, 5.74) is 7.53. The number of aromatic nitrogens is 1. The molecule has 5 nitrogen and oxygen atoms in total. The van der Waals surface area contributed by atoms with E-state index in [1.807, 2.05) is 0 Å². The van der Waals surface area contributed by atoms with Gasteiger partial charge in [0.25, 0.3) is 0 Å². The van der Waals surface area contributed by atoms with Crippen LogP contribution in [0.15, 0.2) is 18.2 Å². The van der Waals surface area contributed by atoms with E-state index in [1.54, 1.807) is 19.2 Å². The largest absolute Gasteiger partial charge is 0.486 e. The summed E-state index contributed by atoms with van der Waals surface area (Å²) in [4.78, 5) is 0. The van der Waals surface area contributed by atoms with Gasteiger partial charge in [-0.2, -0.15) is 4.37 Å². The van der Waals surface area contributed by atoms with Crippen molar-refractivity contribution >= 4 is 23.9 Å². The first-order valence-corrected chi connectivity index (χ1v) is 7.59. The molecule has 0 bridgehead atoms. The zero-order valence-corrected chi connectivity index (χ0v) is 14.5. The molecule has 0 amide bonds. The second-order valence-corrected chi connectivity index (χ2v) is 5.59. The van der Waals surface area contributed by atoms with Gasteiger partial charge in [-0.05, 0) is 42.1 Å². The Kier molecular flexibility index (Phi) is 7.70. The van der Waals surface area contributed by atoms with Crippen molar-refractivity contribution < 1.29 is 19.0 Å². The van der Waals surface area contributed by atoms with Gasteiger partial charge in [-0.15, -0.1) is 12.4 Å². The average Bonchev–Trinajstić information content (AvgIpc) is 2.97. The Morgan fingerprint density at radius 2 is 2.09 bits per heavy atom. The zero-order chi connectivity index (χ0) is 16.1. The second-order valence-electron chi connectivity index (χ2n) is 4.85. The van der Waals surface area contributed by atoms with Gasteiger partial charge in [0, 0.05) is 18.1 Å². The lowest BCUT2D eigenvalue weighted by Gasteiger charge is -2.13. The number of hydrogen-bond acceptors (Lipinski definition) is 6. The molecule has 23 heavy (non-hydrogen) atoms. The molecule has 2 aromatic rings. The summed E-state index contributed by atoms with van der Waals surface area (Å²) in [6.45, 7) is 0.222. The van der Waals surface area contributed by atoms with E-state index in [1.165, 1.54) is 24.7 Å². The third kappa shape index (κ3) is 4.32. The van der Waals surface area contributed by atoms with Crippen LogP contribution in [-0.4, -0.2) is 36.9 Å². The van der Waals surface area contributed by atoms with E-state index in [2.05, 4.69) is 4.37 Å². The molecule has 1 aromatic carbocycles. The van der Waals surface area contributed by atoms with Crippen molar-refractivity contribution in [3.05, 3.63) is 29.6 Å². The van der Waals surface area contributed by atoms with Crippen molar-refractivity contribution in [3.8, 4) is 22.1 Å². The molecule has 0 saturated heterocycles. The predicted molar refractivity (Wildman–Crippen MR) is 91.2 cm³/mol. The van der Waals surface area contributed by atoms with Crippen LogP contribution >= 0.6 is 23.9 Å². The van der Waals surface area contributed by atoms with E-state index in [-0.39, 0.29) is 30.7 Å². The molecule has 1 heterocycles. The van der Waals surface area contributed by atoms with Crippen LogP contribution < -0.4 is 15.2 Å². The van der Waals surface area contributed by atoms with Crippen molar-refractivity contribution in [1.82, 2.24) is 4.37 Å². The quantitative estimate of drug-likeness (QED) is 0.791. The molecule has 0 fully saturated rings. The monoisotopic (exact) mass is 362 g/mol. The van der Waals surface area contributed by atoms with Gasteiger partial charge in [0.15, 0.2) is 0 Å². The third-order valence-corrected chi connectivity index (χ3v) is 4.24. The molecule has 2 rings (SSSR count). The molecule has 0 aliphatic heterocycles. The maximum absolute atomic E-state index is 14.0. The fraction of sp³-hybridized carbons (Fsp3) is 0.400. The molecular formula is C15H20ClFN2O3S. The third-order valence-electron chi connectivity index (χ3n) is 3.44. The lowest BCUT2D eigenvalue weighted by atomic mass is 9.96. The van der Waals surface area contributed by atoms with Crippen LogP contribution in [-0.2, 0) is 6.42 Å². The van der Waals surface area contributed by atoms with Gasteiger partial charge in [0.2, 0.25) is 10.9 Å². The number of hydrogen-bond donors (Lipinski definition) is 2. The molecule has 0 radical (unpaired) electrons. The Bertz CT molecular complexity index is 614. The highest BCUT2D eigenvalue weighted by Gasteiger charge is 2.19. The van der Waals surface area contributed by atoms with Gasteiger partial charge in [-0.3, -0.25) is 0 Å². The Morgan fingerprint density at radius 1 is 1.35 bits per heavy atom. The minimum Gasteiger partial charge on any atom is -0.486 e. The van der Waals surface area contributed by atoms with Crippen LogP contribution in [0.3, 0.4) is 0 Å². The smallest absolute Gasteiger partial charge is 0.236 e. The van der Waals surface area contributed by atoms with Crippen LogP contribution in [0.25, 0.3) is 11.1 Å². The molecule has 0 spiro atoms. The standard InChI is InChI=1S/C15H19FN2O3S.ClH/c1-20-14-13(15(21-2)22-18-14)10-3-4-12(16)11(6-10)5-9(7-17)8-19;/h3-4,6,9,19H,5,7-8,17H2,1-2H3;1H. The molecule has 3 N–H and O–H groups in total. The Morgan fingerprint density at radius 3 is 2.65 bits per heavy atom. The van der Waals surface area contributed by atoms with Gasteiger partial charge >= 0.3 is 0 Å². The minimum atomic E-state index is -0.322. The lowest BCUT2D eigenvalue weighted by Crippen LogP contribution is -2.20. The molecular weight excluding hydrogens is 343 g/mol. The highest BCUT2D eigenvalue weighted by Crippen LogP contribution is 2.41. The van der Waals surface area contributed by atoms with Gasteiger partial charge in [-0.25, -0.2) is 4.39 Å². The number of benzene rings is 1. The summed E-state index contributed by atoms with van der Waals surface area (Å²) < 4.78 is 28.7. The van der Waals surface area contributed by atoms with Gasteiger partial charge in [0.1, 0.15) is 5.82 Å². The van der Waals surface area contributed by atoms with Gasteiger partial charge in [0.05, 0.1) is 19.8 Å². The number of ether oxygens (including phenoxy) is 2. The number of rotatable bonds is 7. The number of aliphatic hydroxyl groups is 1. The fourth-order valence-corrected chi connectivity index (χ4v) is 2.90. The lowest BCUT2D eigenvalue weighted by molar-refractivity contribution is 0.229. The maximum Gasteiger partial charge on any atom is 0.236 e. The maximum atomic E-state index is 14.0. The number of methoxy groups -OCH3 is 2. The first-order valence-electron chi connectivity index (χ1n) is 6.81. The Hall–Kier alpha value is -1.41. The summed E-state index contributed by atoms with van der Waals surface area (Å²) in [5, 5.41) is 9.85. The average molecular weight is 363 g/mol. The van der Waals surface area contributed by atoms with Crippen LogP contribution in [0.1, 0.15) is 5.56 Å². The molecule has 0 saturated carbocycles. The number of aliphatic hydroxyl groups excluding tert-OH is 1. The highest BCUT2D eigenvalue weighted by atomic mass is 35.5. The van der Waals surface area contributed by atoms with Crippen molar-refractivity contribution in [2.75, 3.05) is 27.4 Å². The first-order chi connectivity index (χ1) is 10.6. The number of nitrogens with two attached hydrogens (primary N) is 1. The van der Waals surface area contributed by atoms with Crippen molar-refractivity contribution in [1.29, 1.82) is 0 Å². The summed E-state index contributed by atoms with van der Waals surface area (Å²) >= 11 is 1.18. The van der Waals surface area contributed by atoms with Crippen LogP contribution in [0, 0.1) is 11.7 Å². The Balaban J connectivity index is 0.00000264. The zero-order valence-electron chi connectivity index (χ0n) is 12.9. The molecule has 1 aromatic heterocycles. The van der Waals surface area contributed by atoms with Gasteiger partial charge in [-0.1, -0.05) is 6.07 Å². The van der Waals surface area contributed by atoms with Crippen LogP contribution in [0.4, 0.5) is 4.39 Å². The van der Waals surface area contributed by atoms with E-state index >= 15 is 0 Å². The van der Waals surface area contributed by atoms with E-state index in [0.717, 1.165) is 5.56 Å². The molecule has 1 atom stereocenters. The molecule has 0 aliphatic rings. The second kappa shape index (κ2) is 9.02. The molecule has 128 valence electrons. The first kappa shape index (κ1) is 19.6. The molecule has 1 unspecified atom stereocenters.